The number of aromatic nitrogens is 4. The van der Waals surface area contributed by atoms with E-state index in [-0.39, 0.29) is 17.0 Å². The molecule has 4 rings (SSSR count). The zero-order valence-corrected chi connectivity index (χ0v) is 14.8. The molecule has 0 aromatic carbocycles. The van der Waals surface area contributed by atoms with E-state index in [0.717, 1.165) is 6.54 Å². The Bertz CT molecular complexity index is 948. The van der Waals surface area contributed by atoms with Crippen LogP contribution in [0, 0.1) is 6.92 Å². The lowest BCUT2D eigenvalue weighted by molar-refractivity contribution is -0.698. The molecule has 4 heterocycles. The van der Waals surface area contributed by atoms with E-state index in [1.54, 1.807) is 17.0 Å². The molecule has 0 spiro atoms. The Labute approximate surface area is 153 Å². The Kier molecular flexibility index (Phi) is 4.08. The lowest BCUT2D eigenvalue weighted by Gasteiger charge is -2.36. The molecule has 2 aliphatic rings. The van der Waals surface area contributed by atoms with E-state index in [1.807, 2.05) is 31.5 Å². The molecule has 1 saturated heterocycles. The fourth-order valence-electron chi connectivity index (χ4n) is 2.81. The van der Waals surface area contributed by atoms with Crippen molar-refractivity contribution >= 4 is 29.7 Å². The summed E-state index contributed by atoms with van der Waals surface area (Å²) in [5, 5.41) is 18.5. The highest BCUT2D eigenvalue weighted by Crippen LogP contribution is 2.44. The van der Waals surface area contributed by atoms with Gasteiger partial charge < -0.3 is 5.11 Å². The van der Waals surface area contributed by atoms with E-state index in [0.29, 0.717) is 17.8 Å². The molecule has 0 bridgehead atoms. The van der Waals surface area contributed by atoms with Crippen LogP contribution in [0.15, 0.2) is 47.4 Å². The summed E-state index contributed by atoms with van der Waals surface area (Å²) in [6.45, 7) is 3.46. The maximum Gasteiger partial charge on any atom is 0.353 e. The van der Waals surface area contributed by atoms with E-state index in [4.69, 9.17) is 5.11 Å². The number of β-lactam (4-membered cyclic amide) rings is 1. The fourth-order valence-corrected chi connectivity index (χ4v) is 3.93. The quantitative estimate of drug-likeness (QED) is 0.475. The van der Waals surface area contributed by atoms with Crippen molar-refractivity contribution in [2.45, 2.75) is 25.4 Å². The van der Waals surface area contributed by atoms with Crippen LogP contribution in [-0.2, 0) is 22.7 Å². The summed E-state index contributed by atoms with van der Waals surface area (Å²) < 4.78 is 3.79. The lowest BCUT2D eigenvalue weighted by atomic mass is 10.0. The van der Waals surface area contributed by atoms with Crippen LogP contribution in [-0.4, -0.2) is 42.3 Å². The van der Waals surface area contributed by atoms with Crippen LogP contribution >= 0.6 is 11.8 Å². The minimum Gasteiger partial charge on any atom is -0.477 e. The van der Waals surface area contributed by atoms with Crippen molar-refractivity contribution in [3.8, 4) is 0 Å². The fraction of sp³-hybridized carbons (Fsp3) is 0.235. The van der Waals surface area contributed by atoms with Crippen molar-refractivity contribution in [2.75, 3.05) is 0 Å². The predicted octanol–water partition coefficient (Wildman–Crippen LogP) is 0.799. The average molecular weight is 370 g/mol. The van der Waals surface area contributed by atoms with Crippen molar-refractivity contribution in [1.82, 2.24) is 19.9 Å². The van der Waals surface area contributed by atoms with Gasteiger partial charge in [0.15, 0.2) is 18.9 Å². The molecule has 132 valence electrons. The number of rotatable bonds is 5. The number of nitrogens with zero attached hydrogens (tertiary/aromatic N) is 5. The largest absolute Gasteiger partial charge is 0.477 e. The first-order chi connectivity index (χ1) is 12.5. The van der Waals surface area contributed by atoms with Gasteiger partial charge >= 0.3 is 5.97 Å². The molecule has 0 radical (unpaired) electrons. The molecule has 2 aromatic heterocycles. The average Bonchev–Trinajstić information content (AvgIpc) is 3.24. The highest BCUT2D eigenvalue weighted by Gasteiger charge is 2.49. The number of carbonyl (C=O) groups is 2. The third-order valence-electron chi connectivity index (χ3n) is 4.26. The Morgan fingerprint density at radius 1 is 1.42 bits per heavy atom. The topological polar surface area (TPSA) is 92.2 Å². The third-order valence-corrected chi connectivity index (χ3v) is 5.34. The van der Waals surface area contributed by atoms with Crippen molar-refractivity contribution in [1.29, 1.82) is 0 Å². The van der Waals surface area contributed by atoms with Crippen LogP contribution in [0.4, 0.5) is 0 Å². The molecule has 0 unspecified atom stereocenters. The molecule has 0 saturated carbocycles. The van der Waals surface area contributed by atoms with Gasteiger partial charge in [0.25, 0.3) is 5.91 Å². The van der Waals surface area contributed by atoms with Gasteiger partial charge in [-0.15, -0.1) is 16.9 Å². The number of carboxylic acid groups (broad SMARTS) is 1. The Hall–Kier alpha value is -2.94. The molecule has 9 heteroatoms. The molecule has 1 atom stereocenters. The summed E-state index contributed by atoms with van der Waals surface area (Å²) in [5.74, 6) is -1.38. The zero-order chi connectivity index (χ0) is 18.3. The molecule has 1 fully saturated rings. The van der Waals surface area contributed by atoms with Gasteiger partial charge in [-0.3, -0.25) is 9.69 Å². The molecule has 2 aromatic rings. The minimum atomic E-state index is -1.09. The van der Waals surface area contributed by atoms with Crippen molar-refractivity contribution in [3.05, 3.63) is 58.7 Å². The molecule has 0 aliphatic carbocycles. The summed E-state index contributed by atoms with van der Waals surface area (Å²) >= 11 is 1.31. The first-order valence-corrected chi connectivity index (χ1v) is 8.97. The Morgan fingerprint density at radius 3 is 2.92 bits per heavy atom. The van der Waals surface area contributed by atoms with Gasteiger partial charge in [0.1, 0.15) is 23.3 Å². The van der Waals surface area contributed by atoms with E-state index in [9.17, 15) is 9.59 Å². The molecular formula is C17H16N5O3S+. The monoisotopic (exact) mass is 370 g/mol. The van der Waals surface area contributed by atoms with E-state index in [1.165, 1.54) is 27.6 Å². The SMILES string of the molecule is Cc1cc[n+](CCn2cc(/C=C3/C(=O)N4C(C(=O)O)=CS[C@H]34)nn2)cc1. The van der Waals surface area contributed by atoms with Crippen LogP contribution in [0.1, 0.15) is 11.3 Å². The second kappa shape index (κ2) is 6.41. The number of amides is 1. The van der Waals surface area contributed by atoms with Crippen LogP contribution in [0.25, 0.3) is 6.08 Å². The normalized spacial score (nSPS) is 20.1. The number of aryl methyl sites for hydroxylation is 3. The number of aliphatic carboxylic acids is 1. The Morgan fingerprint density at radius 2 is 2.19 bits per heavy atom. The smallest absolute Gasteiger partial charge is 0.353 e. The van der Waals surface area contributed by atoms with Crippen LogP contribution in [0.2, 0.25) is 0 Å². The van der Waals surface area contributed by atoms with Crippen molar-refractivity contribution in [2.24, 2.45) is 0 Å². The number of hydrogen-bond acceptors (Lipinski definition) is 5. The maximum absolute atomic E-state index is 12.2. The highest BCUT2D eigenvalue weighted by atomic mass is 32.2. The molecular weight excluding hydrogens is 354 g/mol. The van der Waals surface area contributed by atoms with Crippen LogP contribution in [0.3, 0.4) is 0 Å². The first-order valence-electron chi connectivity index (χ1n) is 8.03. The van der Waals surface area contributed by atoms with Gasteiger partial charge in [0.05, 0.1) is 11.8 Å². The van der Waals surface area contributed by atoms with Gasteiger partial charge in [-0.2, -0.15) is 0 Å². The van der Waals surface area contributed by atoms with Gasteiger partial charge in [0.2, 0.25) is 0 Å². The number of fused-ring (bicyclic) bond motifs is 1. The molecule has 26 heavy (non-hydrogen) atoms. The molecule has 2 aliphatic heterocycles. The van der Waals surface area contributed by atoms with E-state index in [2.05, 4.69) is 14.9 Å². The maximum atomic E-state index is 12.2. The second-order valence-corrected chi connectivity index (χ2v) is 7.05. The number of pyridine rings is 1. The summed E-state index contributed by atoms with van der Waals surface area (Å²) in [7, 11) is 0. The third kappa shape index (κ3) is 2.90. The predicted molar refractivity (Wildman–Crippen MR) is 93.3 cm³/mol. The van der Waals surface area contributed by atoms with E-state index >= 15 is 0 Å². The number of carbonyl (C=O) groups excluding carboxylic acids is 1. The van der Waals surface area contributed by atoms with Crippen LogP contribution in [0.5, 0.6) is 0 Å². The van der Waals surface area contributed by atoms with Gasteiger partial charge in [-0.05, 0) is 18.6 Å². The zero-order valence-electron chi connectivity index (χ0n) is 13.9. The standard InChI is InChI=1S/C17H15N5O3S/c1-11-2-4-20(5-3-11)6-7-21-9-12(18-19-21)8-13-15(23)22-14(17(24)25)10-26-16(13)22/h2-5,8-10,16H,6-7H2,1H3/p+1/b13-8-/t16-/m1/s1. The Balaban J connectivity index is 1.41. The van der Waals surface area contributed by atoms with Gasteiger partial charge in [-0.1, -0.05) is 5.21 Å². The number of thioether (sulfide) groups is 1. The van der Waals surface area contributed by atoms with Crippen molar-refractivity contribution in [3.63, 3.8) is 0 Å². The minimum absolute atomic E-state index is 0.0286. The summed E-state index contributed by atoms with van der Waals surface area (Å²) in [6.07, 6.45) is 7.49. The van der Waals surface area contributed by atoms with Gasteiger partial charge in [0, 0.05) is 17.5 Å². The molecule has 8 nitrogen and oxygen atoms in total. The van der Waals surface area contributed by atoms with Crippen molar-refractivity contribution < 1.29 is 19.3 Å². The van der Waals surface area contributed by atoms with Gasteiger partial charge in [-0.25, -0.2) is 14.0 Å². The summed E-state index contributed by atoms with van der Waals surface area (Å²) in [4.78, 5) is 24.6. The molecule has 1 amide bonds. The van der Waals surface area contributed by atoms with E-state index < -0.39 is 5.97 Å². The second-order valence-electron chi connectivity index (χ2n) is 6.09. The number of hydrogen-bond donors (Lipinski definition) is 1. The molecule has 1 N–H and O–H groups in total. The highest BCUT2D eigenvalue weighted by molar-refractivity contribution is 8.03. The lowest BCUT2D eigenvalue weighted by Crippen LogP contribution is -2.51. The first kappa shape index (κ1) is 16.5. The van der Waals surface area contributed by atoms with Crippen LogP contribution < -0.4 is 4.57 Å². The summed E-state index contributed by atoms with van der Waals surface area (Å²) in [6, 6.07) is 4.09. The summed E-state index contributed by atoms with van der Waals surface area (Å²) in [5.41, 5.74) is 2.37. The number of carboxylic acids is 1.